The molecular weight excluding hydrogens is 610 g/mol. The Labute approximate surface area is 270 Å². The van der Waals surface area contributed by atoms with Crippen LogP contribution >= 0.6 is 0 Å². The first kappa shape index (κ1) is 35.7. The molecule has 5 fully saturated rings. The first-order chi connectivity index (χ1) is 21.9. The van der Waals surface area contributed by atoms with Gasteiger partial charge in [-0.3, -0.25) is 19.8 Å². The van der Waals surface area contributed by atoms with Gasteiger partial charge >= 0.3 is 12.4 Å². The number of hydrogen-bond donors (Lipinski definition) is 2. The molecule has 2 aliphatic heterocycles. The molecule has 2 heterocycles. The quantitative estimate of drug-likeness (QED) is 0.270. The molecule has 6 nitrogen and oxygen atoms in total. The van der Waals surface area contributed by atoms with Gasteiger partial charge in [0.05, 0.1) is 24.0 Å². The number of carbonyl (C=O) groups excluding carboxylic acids is 2. The van der Waals surface area contributed by atoms with Crippen molar-refractivity contribution >= 4 is 11.8 Å². The first-order valence-corrected chi connectivity index (χ1v) is 18.1. The number of nitrogens with one attached hydrogen (secondary N) is 2. The van der Waals surface area contributed by atoms with Crippen LogP contribution in [0.5, 0.6) is 0 Å². The standard InChI is InChI=1S/C34H54F6N4O2/c35-33(36,37)26-19-23(20-27(21-26)34(38,39)40)22-42-31(45)30(24-9-3-1-4-10-24)43-17-14-28(15-18-43)44(29-13-7-8-16-41-29)32(46)25-11-5-2-6-12-25/h23-30,41H,1-22H2,(H,42,45). The number of likely N-dealkylation sites (tertiary alicyclic amines) is 1. The van der Waals surface area contributed by atoms with Gasteiger partial charge in [0, 0.05) is 31.6 Å². The number of alkyl halides is 6. The van der Waals surface area contributed by atoms with Crippen LogP contribution in [0.1, 0.15) is 116 Å². The second-order valence-corrected chi connectivity index (χ2v) is 15.0. The van der Waals surface area contributed by atoms with Gasteiger partial charge in [0.2, 0.25) is 11.8 Å². The van der Waals surface area contributed by atoms with E-state index in [1.807, 2.05) is 0 Å². The molecule has 0 bridgehead atoms. The van der Waals surface area contributed by atoms with Crippen molar-refractivity contribution in [1.29, 1.82) is 0 Å². The van der Waals surface area contributed by atoms with Crippen molar-refractivity contribution < 1.29 is 35.9 Å². The minimum Gasteiger partial charge on any atom is -0.354 e. The van der Waals surface area contributed by atoms with Crippen LogP contribution < -0.4 is 10.6 Å². The summed E-state index contributed by atoms with van der Waals surface area (Å²) < 4.78 is 81.4. The molecule has 4 unspecified atom stereocenters. The van der Waals surface area contributed by atoms with Crippen molar-refractivity contribution in [3.8, 4) is 0 Å². The van der Waals surface area contributed by atoms with Crippen molar-refractivity contribution in [2.75, 3.05) is 26.2 Å². The lowest BCUT2D eigenvalue weighted by Gasteiger charge is -2.47. The zero-order valence-corrected chi connectivity index (χ0v) is 27.2. The van der Waals surface area contributed by atoms with Crippen molar-refractivity contribution in [2.24, 2.45) is 29.6 Å². The van der Waals surface area contributed by atoms with Crippen LogP contribution in [0.25, 0.3) is 0 Å². The Balaban J connectivity index is 1.25. The van der Waals surface area contributed by atoms with Crippen molar-refractivity contribution in [3.05, 3.63) is 0 Å². The van der Waals surface area contributed by atoms with Crippen LogP contribution in [0.4, 0.5) is 26.3 Å². The zero-order valence-electron chi connectivity index (χ0n) is 27.2. The molecule has 264 valence electrons. The molecule has 0 spiro atoms. The van der Waals surface area contributed by atoms with Crippen LogP contribution in [-0.2, 0) is 9.59 Å². The Morgan fingerprint density at radius 2 is 1.30 bits per heavy atom. The Morgan fingerprint density at radius 3 is 1.85 bits per heavy atom. The molecule has 3 saturated carbocycles. The lowest BCUT2D eigenvalue weighted by Crippen LogP contribution is -2.61. The molecule has 0 radical (unpaired) electrons. The van der Waals surface area contributed by atoms with Gasteiger partial charge in [0.15, 0.2) is 0 Å². The molecule has 46 heavy (non-hydrogen) atoms. The van der Waals surface area contributed by atoms with E-state index < -0.39 is 55.4 Å². The third-order valence-electron chi connectivity index (χ3n) is 11.8. The molecule has 5 aliphatic rings. The minimum absolute atomic E-state index is 0.0358. The smallest absolute Gasteiger partial charge is 0.354 e. The highest BCUT2D eigenvalue weighted by atomic mass is 19.4. The molecule has 2 saturated heterocycles. The highest BCUT2D eigenvalue weighted by molar-refractivity contribution is 5.82. The summed E-state index contributed by atoms with van der Waals surface area (Å²) >= 11 is 0. The number of rotatable bonds is 8. The molecule has 0 aromatic heterocycles. The van der Waals surface area contributed by atoms with E-state index in [0.717, 1.165) is 96.4 Å². The SMILES string of the molecule is O=C(NCC1CC(C(F)(F)F)CC(C(F)(F)F)C1)C(C1CCCCC1)N1CCC(N(C(=O)C2CCCCC2)C2CCCCN2)CC1. The topological polar surface area (TPSA) is 64.7 Å². The van der Waals surface area contributed by atoms with Crippen LogP contribution in [0.15, 0.2) is 0 Å². The molecule has 0 aromatic rings. The van der Waals surface area contributed by atoms with Gasteiger partial charge in [0.1, 0.15) is 0 Å². The van der Waals surface area contributed by atoms with Gasteiger partial charge < -0.3 is 10.2 Å². The lowest BCUT2D eigenvalue weighted by atomic mass is 9.74. The summed E-state index contributed by atoms with van der Waals surface area (Å²) in [5.41, 5.74) is 0. The van der Waals surface area contributed by atoms with Gasteiger partial charge in [0.25, 0.3) is 0 Å². The monoisotopic (exact) mass is 664 g/mol. The van der Waals surface area contributed by atoms with E-state index >= 15 is 0 Å². The summed E-state index contributed by atoms with van der Waals surface area (Å²) in [7, 11) is 0. The van der Waals surface area contributed by atoms with Crippen LogP contribution in [-0.4, -0.2) is 78.4 Å². The fourth-order valence-electron chi connectivity index (χ4n) is 9.28. The highest BCUT2D eigenvalue weighted by Crippen LogP contribution is 2.47. The summed E-state index contributed by atoms with van der Waals surface area (Å²) in [6.45, 7) is 2.00. The largest absolute Gasteiger partial charge is 0.391 e. The molecule has 4 atom stereocenters. The Hall–Kier alpha value is -1.56. The number of nitrogens with zero attached hydrogens (tertiary/aromatic N) is 2. The maximum atomic E-state index is 13.9. The zero-order chi connectivity index (χ0) is 32.9. The lowest BCUT2D eigenvalue weighted by molar-refractivity contribution is -0.228. The number of carbonyl (C=O) groups is 2. The van der Waals surface area contributed by atoms with Gasteiger partial charge in [-0.2, -0.15) is 26.3 Å². The van der Waals surface area contributed by atoms with Crippen molar-refractivity contribution in [1.82, 2.24) is 20.4 Å². The maximum Gasteiger partial charge on any atom is 0.391 e. The summed E-state index contributed by atoms with van der Waals surface area (Å²) in [5, 5.41) is 6.45. The molecule has 0 aromatic carbocycles. The predicted molar refractivity (Wildman–Crippen MR) is 163 cm³/mol. The fraction of sp³-hybridized carbons (Fsp3) is 0.941. The summed E-state index contributed by atoms with van der Waals surface area (Å²) in [6.07, 6.45) is 3.67. The van der Waals surface area contributed by atoms with E-state index in [4.69, 9.17) is 0 Å². The average Bonchev–Trinajstić information content (AvgIpc) is 3.05. The Bertz CT molecular complexity index is 961. The summed E-state index contributed by atoms with van der Waals surface area (Å²) in [6, 6.07) is -0.380. The molecule has 2 amide bonds. The molecule has 2 N–H and O–H groups in total. The van der Waals surface area contributed by atoms with Crippen LogP contribution in [0, 0.1) is 29.6 Å². The van der Waals surface area contributed by atoms with Gasteiger partial charge in [-0.1, -0.05) is 38.5 Å². The van der Waals surface area contributed by atoms with Crippen LogP contribution in [0.2, 0.25) is 0 Å². The fourth-order valence-corrected chi connectivity index (χ4v) is 9.28. The number of halogens is 6. The van der Waals surface area contributed by atoms with Crippen LogP contribution in [0.3, 0.4) is 0 Å². The third-order valence-corrected chi connectivity index (χ3v) is 11.8. The van der Waals surface area contributed by atoms with Gasteiger partial charge in [-0.05, 0) is 95.4 Å². The second kappa shape index (κ2) is 15.8. The van der Waals surface area contributed by atoms with E-state index in [2.05, 4.69) is 20.4 Å². The van der Waals surface area contributed by atoms with Crippen molar-refractivity contribution in [2.45, 2.75) is 146 Å². The average molecular weight is 665 g/mol. The van der Waals surface area contributed by atoms with Gasteiger partial charge in [-0.25, -0.2) is 0 Å². The third kappa shape index (κ3) is 9.11. The molecule has 3 aliphatic carbocycles. The van der Waals surface area contributed by atoms with E-state index in [9.17, 15) is 35.9 Å². The van der Waals surface area contributed by atoms with Gasteiger partial charge in [-0.15, -0.1) is 0 Å². The summed E-state index contributed by atoms with van der Waals surface area (Å²) in [4.78, 5) is 32.1. The normalized spacial score (nSPS) is 30.9. The second-order valence-electron chi connectivity index (χ2n) is 15.0. The molecular formula is C34H54F6N4O2. The van der Waals surface area contributed by atoms with E-state index in [0.29, 0.717) is 13.1 Å². The molecule has 5 rings (SSSR count). The first-order valence-electron chi connectivity index (χ1n) is 18.1. The molecule has 12 heteroatoms. The number of piperidine rings is 2. The Kier molecular flexibility index (Phi) is 12.3. The van der Waals surface area contributed by atoms with E-state index in [-0.39, 0.29) is 42.4 Å². The Morgan fingerprint density at radius 1 is 0.739 bits per heavy atom. The summed E-state index contributed by atoms with van der Waals surface area (Å²) in [5.74, 6) is -4.74. The highest BCUT2D eigenvalue weighted by Gasteiger charge is 2.52. The predicted octanol–water partition coefficient (Wildman–Crippen LogP) is 7.18. The minimum atomic E-state index is -4.69. The van der Waals surface area contributed by atoms with E-state index in [1.165, 1.54) is 6.42 Å². The number of hydrogen-bond acceptors (Lipinski definition) is 4. The van der Waals surface area contributed by atoms with E-state index in [1.54, 1.807) is 0 Å². The number of amides is 2. The maximum absolute atomic E-state index is 13.9. The van der Waals surface area contributed by atoms with Crippen molar-refractivity contribution in [3.63, 3.8) is 0 Å².